The number of nitrogens with two attached hydrogens (primary N) is 1. The largest absolute Gasteiger partial charge is 0.443 e. The minimum absolute atomic E-state index is 0.284. The van der Waals surface area contributed by atoms with Crippen molar-refractivity contribution < 1.29 is 13.2 Å². The highest BCUT2D eigenvalue weighted by Gasteiger charge is 2.41. The fraction of sp³-hybridized carbons (Fsp3) is 0.667. The molecule has 15 heavy (non-hydrogen) atoms. The molecule has 1 heterocycles. The fourth-order valence-corrected chi connectivity index (χ4v) is 2.49. The van der Waals surface area contributed by atoms with Gasteiger partial charge in [-0.1, -0.05) is 6.92 Å². The third-order valence-electron chi connectivity index (χ3n) is 2.73. The number of thiazole rings is 1. The molecule has 84 valence electrons. The minimum Gasteiger partial charge on any atom is -0.323 e. The van der Waals surface area contributed by atoms with Crippen LogP contribution in [0.5, 0.6) is 0 Å². The van der Waals surface area contributed by atoms with Gasteiger partial charge in [0.05, 0.1) is 0 Å². The molecule has 1 aromatic rings. The molecular weight excluding hydrogens is 225 g/mol. The topological polar surface area (TPSA) is 38.9 Å². The standard InChI is InChI=1S/C9H11F3N2S/c1-4-2-5(4)7(13)6-3-14-8(15-6)9(10,11)12/h3-5,7H,2,13H2,1H3. The van der Waals surface area contributed by atoms with E-state index in [-0.39, 0.29) is 6.04 Å². The molecule has 2 nitrogen and oxygen atoms in total. The van der Waals surface area contributed by atoms with Crippen LogP contribution in [0.3, 0.4) is 0 Å². The first kappa shape index (κ1) is 10.9. The Kier molecular flexibility index (Phi) is 2.50. The lowest BCUT2D eigenvalue weighted by atomic mass is 10.1. The number of hydrogen-bond donors (Lipinski definition) is 1. The third kappa shape index (κ3) is 2.15. The molecule has 0 saturated heterocycles. The molecule has 1 aliphatic carbocycles. The zero-order valence-electron chi connectivity index (χ0n) is 8.08. The van der Waals surface area contributed by atoms with E-state index < -0.39 is 11.2 Å². The summed E-state index contributed by atoms with van der Waals surface area (Å²) < 4.78 is 36.8. The van der Waals surface area contributed by atoms with Crippen LogP contribution in [0.15, 0.2) is 6.20 Å². The molecule has 6 heteroatoms. The van der Waals surface area contributed by atoms with E-state index in [0.29, 0.717) is 28.0 Å². The van der Waals surface area contributed by atoms with Gasteiger partial charge in [-0.15, -0.1) is 11.3 Å². The van der Waals surface area contributed by atoms with Gasteiger partial charge in [0.2, 0.25) is 0 Å². The summed E-state index contributed by atoms with van der Waals surface area (Å²) in [6.45, 7) is 2.05. The van der Waals surface area contributed by atoms with Crippen molar-refractivity contribution in [1.29, 1.82) is 0 Å². The third-order valence-corrected chi connectivity index (χ3v) is 3.87. The molecule has 2 rings (SSSR count). The van der Waals surface area contributed by atoms with Crippen molar-refractivity contribution in [1.82, 2.24) is 4.98 Å². The molecular formula is C9H11F3N2S. The van der Waals surface area contributed by atoms with Gasteiger partial charge in [0, 0.05) is 17.1 Å². The van der Waals surface area contributed by atoms with Crippen LogP contribution in [0, 0.1) is 11.8 Å². The predicted molar refractivity (Wildman–Crippen MR) is 51.3 cm³/mol. The van der Waals surface area contributed by atoms with E-state index in [1.165, 1.54) is 6.20 Å². The Morgan fingerprint density at radius 2 is 2.20 bits per heavy atom. The van der Waals surface area contributed by atoms with Gasteiger partial charge >= 0.3 is 6.18 Å². The van der Waals surface area contributed by atoms with Crippen LogP contribution in [0.4, 0.5) is 13.2 Å². The first-order chi connectivity index (χ1) is 6.89. The lowest BCUT2D eigenvalue weighted by Crippen LogP contribution is -2.11. The van der Waals surface area contributed by atoms with E-state index in [1.807, 2.05) is 0 Å². The van der Waals surface area contributed by atoms with Crippen LogP contribution in [0.1, 0.15) is 29.3 Å². The van der Waals surface area contributed by atoms with E-state index >= 15 is 0 Å². The molecule has 1 aromatic heterocycles. The van der Waals surface area contributed by atoms with Gasteiger partial charge in [-0.25, -0.2) is 4.98 Å². The van der Waals surface area contributed by atoms with Crippen LogP contribution in [0.2, 0.25) is 0 Å². The zero-order valence-corrected chi connectivity index (χ0v) is 8.90. The van der Waals surface area contributed by atoms with Crippen molar-refractivity contribution in [2.45, 2.75) is 25.6 Å². The quantitative estimate of drug-likeness (QED) is 0.857. The summed E-state index contributed by atoms with van der Waals surface area (Å²) in [6, 6.07) is -0.284. The number of hydrogen-bond acceptors (Lipinski definition) is 3. The fourth-order valence-electron chi connectivity index (χ4n) is 1.63. The van der Waals surface area contributed by atoms with Crippen LogP contribution in [-0.2, 0) is 6.18 Å². The van der Waals surface area contributed by atoms with Gasteiger partial charge < -0.3 is 5.73 Å². The monoisotopic (exact) mass is 236 g/mol. The van der Waals surface area contributed by atoms with Crippen LogP contribution >= 0.6 is 11.3 Å². The average molecular weight is 236 g/mol. The Morgan fingerprint density at radius 1 is 1.60 bits per heavy atom. The number of alkyl halides is 3. The maximum atomic E-state index is 12.3. The highest BCUT2D eigenvalue weighted by molar-refractivity contribution is 7.11. The van der Waals surface area contributed by atoms with E-state index in [4.69, 9.17) is 5.73 Å². The van der Waals surface area contributed by atoms with Gasteiger partial charge in [-0.3, -0.25) is 0 Å². The summed E-state index contributed by atoms with van der Waals surface area (Å²) >= 11 is 0.657. The van der Waals surface area contributed by atoms with Gasteiger partial charge in [0.15, 0.2) is 5.01 Å². The van der Waals surface area contributed by atoms with E-state index in [0.717, 1.165) is 6.42 Å². The highest BCUT2D eigenvalue weighted by atomic mass is 32.1. The van der Waals surface area contributed by atoms with Crippen molar-refractivity contribution >= 4 is 11.3 Å². The Labute approximate surface area is 89.3 Å². The molecule has 2 N–H and O–H groups in total. The maximum Gasteiger partial charge on any atom is 0.443 e. The summed E-state index contributed by atoms with van der Waals surface area (Å²) in [5, 5.41) is -0.804. The summed E-state index contributed by atoms with van der Waals surface area (Å²) in [6.07, 6.45) is -2.10. The molecule has 1 saturated carbocycles. The molecule has 1 aliphatic rings. The molecule has 3 atom stereocenters. The number of aromatic nitrogens is 1. The SMILES string of the molecule is CC1CC1C(N)c1cnc(C(F)(F)F)s1. The highest BCUT2D eigenvalue weighted by Crippen LogP contribution is 2.47. The molecule has 3 unspecified atom stereocenters. The van der Waals surface area contributed by atoms with Crippen molar-refractivity contribution in [3.05, 3.63) is 16.1 Å². The Bertz CT molecular complexity index is 360. The zero-order chi connectivity index (χ0) is 11.2. The van der Waals surface area contributed by atoms with Crippen molar-refractivity contribution in [3.8, 4) is 0 Å². The molecule has 1 fully saturated rings. The summed E-state index contributed by atoms with van der Waals surface area (Å²) in [5.74, 6) is 0.850. The van der Waals surface area contributed by atoms with Gasteiger partial charge in [0.1, 0.15) is 0 Å². The van der Waals surface area contributed by atoms with Gasteiger partial charge in [0.25, 0.3) is 0 Å². The first-order valence-corrected chi connectivity index (χ1v) is 5.49. The molecule has 0 amide bonds. The number of halogens is 3. The molecule has 0 aliphatic heterocycles. The van der Waals surface area contributed by atoms with Crippen LogP contribution in [0.25, 0.3) is 0 Å². The molecule has 0 spiro atoms. The smallest absolute Gasteiger partial charge is 0.323 e. The van der Waals surface area contributed by atoms with Gasteiger partial charge in [-0.05, 0) is 18.3 Å². The summed E-state index contributed by atoms with van der Waals surface area (Å²) in [4.78, 5) is 3.90. The molecule has 0 aromatic carbocycles. The second-order valence-electron chi connectivity index (χ2n) is 3.97. The maximum absolute atomic E-state index is 12.3. The second kappa shape index (κ2) is 3.45. The lowest BCUT2D eigenvalue weighted by Gasteiger charge is -2.06. The van der Waals surface area contributed by atoms with E-state index in [2.05, 4.69) is 11.9 Å². The van der Waals surface area contributed by atoms with Crippen molar-refractivity contribution in [2.75, 3.05) is 0 Å². The summed E-state index contributed by atoms with van der Waals surface area (Å²) in [5.41, 5.74) is 5.85. The lowest BCUT2D eigenvalue weighted by molar-refractivity contribution is -0.137. The van der Waals surface area contributed by atoms with Crippen molar-refractivity contribution in [3.63, 3.8) is 0 Å². The van der Waals surface area contributed by atoms with Crippen LogP contribution in [-0.4, -0.2) is 4.98 Å². The summed E-state index contributed by atoms with van der Waals surface area (Å²) in [7, 11) is 0. The molecule has 0 radical (unpaired) electrons. The van der Waals surface area contributed by atoms with E-state index in [9.17, 15) is 13.2 Å². The van der Waals surface area contributed by atoms with Gasteiger partial charge in [-0.2, -0.15) is 13.2 Å². The second-order valence-corrected chi connectivity index (χ2v) is 5.03. The normalized spacial score (nSPS) is 27.8. The number of nitrogens with zero attached hydrogens (tertiary/aromatic N) is 1. The average Bonchev–Trinajstić information content (AvgIpc) is 2.68. The Morgan fingerprint density at radius 3 is 2.60 bits per heavy atom. The van der Waals surface area contributed by atoms with Crippen LogP contribution < -0.4 is 5.73 Å². The van der Waals surface area contributed by atoms with Crippen molar-refractivity contribution in [2.24, 2.45) is 17.6 Å². The predicted octanol–water partition coefficient (Wildman–Crippen LogP) is 2.82. The minimum atomic E-state index is -4.35. The first-order valence-electron chi connectivity index (χ1n) is 4.68. The Hall–Kier alpha value is -0.620. The number of rotatable bonds is 2. The Balaban J connectivity index is 2.13. The molecule has 0 bridgehead atoms. The van der Waals surface area contributed by atoms with E-state index in [1.54, 1.807) is 0 Å².